The molecule has 0 aliphatic carbocycles. The Morgan fingerprint density at radius 2 is 2.00 bits per heavy atom. The molecule has 3 heterocycles. The number of hydrogen-bond donors (Lipinski definition) is 0. The number of hydrogen-bond acceptors (Lipinski definition) is 6. The van der Waals surface area contributed by atoms with Gasteiger partial charge in [0.15, 0.2) is 5.82 Å². The highest BCUT2D eigenvalue weighted by Crippen LogP contribution is 2.24. The number of aromatic nitrogens is 4. The van der Waals surface area contributed by atoms with E-state index in [2.05, 4.69) is 27.3 Å². The van der Waals surface area contributed by atoms with Crippen molar-refractivity contribution >= 4 is 17.5 Å². The smallest absolute Gasteiger partial charge is 0.212 e. The summed E-state index contributed by atoms with van der Waals surface area (Å²) in [7, 11) is 0. The minimum atomic E-state index is 0.648. The molecule has 1 aliphatic heterocycles. The average Bonchev–Trinajstić information content (AvgIpc) is 3.09. The molecule has 2 aromatic heterocycles. The van der Waals surface area contributed by atoms with Crippen LogP contribution in [0.5, 0.6) is 0 Å². The first-order chi connectivity index (χ1) is 12.3. The number of nitriles is 1. The number of aryl methyl sites for hydroxylation is 2. The first kappa shape index (κ1) is 15.5. The number of pyridine rings is 1. The number of benzene rings is 1. The van der Waals surface area contributed by atoms with Crippen molar-refractivity contribution < 1.29 is 0 Å². The molecule has 0 bridgehead atoms. The molecule has 0 spiro atoms. The number of rotatable bonds is 4. The molecule has 0 amide bonds. The van der Waals surface area contributed by atoms with Crippen LogP contribution in [0, 0.1) is 11.3 Å². The van der Waals surface area contributed by atoms with Gasteiger partial charge in [0.1, 0.15) is 0 Å². The van der Waals surface area contributed by atoms with Gasteiger partial charge in [-0.3, -0.25) is 4.98 Å². The molecule has 7 heteroatoms. The number of nitrogens with zero attached hydrogens (tertiary/aromatic N) is 6. The van der Waals surface area contributed by atoms with E-state index < -0.39 is 0 Å². The minimum Gasteiger partial charge on any atom is -0.264 e. The first-order valence-electron chi connectivity index (χ1n) is 7.88. The van der Waals surface area contributed by atoms with Gasteiger partial charge >= 0.3 is 0 Å². The van der Waals surface area contributed by atoms with Gasteiger partial charge in [-0.15, -0.1) is 10.2 Å². The topological polar surface area (TPSA) is 79.8 Å². The molecule has 3 aromatic rings. The zero-order valence-electron chi connectivity index (χ0n) is 13.3. The van der Waals surface area contributed by atoms with Gasteiger partial charge in [-0.1, -0.05) is 30.0 Å². The van der Waals surface area contributed by atoms with Crippen molar-refractivity contribution in [3.8, 4) is 6.07 Å². The van der Waals surface area contributed by atoms with Crippen LogP contribution in [-0.4, -0.2) is 31.3 Å². The van der Waals surface area contributed by atoms with Gasteiger partial charge in [0, 0.05) is 24.6 Å². The van der Waals surface area contributed by atoms with Gasteiger partial charge in [0.2, 0.25) is 5.16 Å². The maximum absolute atomic E-state index is 8.92. The zero-order valence-corrected chi connectivity index (χ0v) is 14.1. The summed E-state index contributed by atoms with van der Waals surface area (Å²) < 4.78 is 1.83. The maximum atomic E-state index is 8.92. The molecule has 0 N–H and O–H groups in total. The molecule has 0 atom stereocenters. The Bertz CT molecular complexity index is 953. The molecule has 1 aromatic carbocycles. The van der Waals surface area contributed by atoms with Gasteiger partial charge in [-0.05, 0) is 35.7 Å². The fourth-order valence-electron chi connectivity index (χ4n) is 2.60. The lowest BCUT2D eigenvalue weighted by molar-refractivity contribution is 0.698. The van der Waals surface area contributed by atoms with Gasteiger partial charge in [0.05, 0.1) is 17.3 Å². The summed E-state index contributed by atoms with van der Waals surface area (Å²) >= 11 is 1.63. The van der Waals surface area contributed by atoms with Gasteiger partial charge in [-0.25, -0.2) is 0 Å². The van der Waals surface area contributed by atoms with Crippen LogP contribution in [0.15, 0.2) is 59.0 Å². The Morgan fingerprint density at radius 3 is 2.76 bits per heavy atom. The molecule has 122 valence electrons. The molecule has 4 rings (SSSR count). The standard InChI is InChI=1S/C18H14N6S/c19-10-13-3-6-15(7-4-13)16-12-25-18-22-21-17(24(18)23-16)8-5-14-2-1-9-20-11-14/h1-4,6-7,9,11H,5,8,12H2. The van der Waals surface area contributed by atoms with E-state index in [4.69, 9.17) is 10.4 Å². The van der Waals surface area contributed by atoms with Gasteiger partial charge < -0.3 is 0 Å². The highest BCUT2D eigenvalue weighted by Gasteiger charge is 2.19. The van der Waals surface area contributed by atoms with Crippen molar-refractivity contribution in [3.05, 3.63) is 71.3 Å². The van der Waals surface area contributed by atoms with Crippen molar-refractivity contribution in [2.75, 3.05) is 5.75 Å². The van der Waals surface area contributed by atoms with Crippen LogP contribution in [0.4, 0.5) is 0 Å². The van der Waals surface area contributed by atoms with Crippen molar-refractivity contribution in [1.29, 1.82) is 5.26 Å². The largest absolute Gasteiger partial charge is 0.264 e. The van der Waals surface area contributed by atoms with E-state index in [0.29, 0.717) is 5.56 Å². The third-order valence-electron chi connectivity index (χ3n) is 3.94. The molecule has 1 aliphatic rings. The van der Waals surface area contributed by atoms with E-state index in [9.17, 15) is 0 Å². The van der Waals surface area contributed by atoms with Gasteiger partial charge in [0.25, 0.3) is 0 Å². The summed E-state index contributed by atoms with van der Waals surface area (Å²) in [6.07, 6.45) is 5.24. The molecule has 0 radical (unpaired) electrons. The van der Waals surface area contributed by atoms with Crippen LogP contribution >= 0.6 is 11.8 Å². The molecule has 0 saturated carbocycles. The third-order valence-corrected chi connectivity index (χ3v) is 4.87. The SMILES string of the molecule is N#Cc1ccc(C2=Nn3c(CCc4cccnc4)nnc3SC2)cc1. The van der Waals surface area contributed by atoms with Crippen LogP contribution in [0.1, 0.15) is 22.5 Å². The van der Waals surface area contributed by atoms with Crippen LogP contribution in [0.25, 0.3) is 0 Å². The summed E-state index contributed by atoms with van der Waals surface area (Å²) in [5, 5.41) is 23.0. The molecule has 0 unspecified atom stereocenters. The molecular weight excluding hydrogens is 332 g/mol. The van der Waals surface area contributed by atoms with Crippen LogP contribution in [0.3, 0.4) is 0 Å². The van der Waals surface area contributed by atoms with E-state index in [-0.39, 0.29) is 0 Å². The Labute approximate surface area is 149 Å². The Morgan fingerprint density at radius 1 is 1.12 bits per heavy atom. The van der Waals surface area contributed by atoms with Crippen molar-refractivity contribution in [2.24, 2.45) is 5.10 Å². The van der Waals surface area contributed by atoms with E-state index in [1.807, 2.05) is 41.2 Å². The van der Waals surface area contributed by atoms with Gasteiger partial charge in [-0.2, -0.15) is 15.0 Å². The summed E-state index contributed by atoms with van der Waals surface area (Å²) in [5.74, 6) is 1.59. The summed E-state index contributed by atoms with van der Waals surface area (Å²) in [6, 6.07) is 13.6. The molecule has 0 saturated heterocycles. The van der Waals surface area contributed by atoms with E-state index in [0.717, 1.165) is 40.9 Å². The van der Waals surface area contributed by atoms with Crippen molar-refractivity contribution in [3.63, 3.8) is 0 Å². The van der Waals surface area contributed by atoms with Crippen molar-refractivity contribution in [1.82, 2.24) is 19.9 Å². The quantitative estimate of drug-likeness (QED) is 0.725. The van der Waals surface area contributed by atoms with Crippen molar-refractivity contribution in [2.45, 2.75) is 18.0 Å². The Kier molecular flexibility index (Phi) is 4.27. The van der Waals surface area contributed by atoms with Crippen LogP contribution in [-0.2, 0) is 12.8 Å². The highest BCUT2D eigenvalue weighted by atomic mass is 32.2. The Balaban J connectivity index is 1.58. The monoisotopic (exact) mass is 346 g/mol. The Hall–Kier alpha value is -2.98. The summed E-state index contributed by atoms with van der Waals surface area (Å²) in [4.78, 5) is 4.14. The second-order valence-electron chi connectivity index (χ2n) is 5.60. The van der Waals surface area contributed by atoms with Crippen LogP contribution in [0.2, 0.25) is 0 Å². The fraction of sp³-hybridized carbons (Fsp3) is 0.167. The third kappa shape index (κ3) is 3.30. The van der Waals surface area contributed by atoms with E-state index in [1.165, 1.54) is 5.56 Å². The highest BCUT2D eigenvalue weighted by molar-refractivity contribution is 7.99. The average molecular weight is 346 g/mol. The lowest BCUT2D eigenvalue weighted by Crippen LogP contribution is -2.15. The minimum absolute atomic E-state index is 0.648. The molecule has 25 heavy (non-hydrogen) atoms. The number of fused-ring (bicyclic) bond motifs is 1. The second kappa shape index (κ2) is 6.87. The molecule has 0 fully saturated rings. The molecule has 6 nitrogen and oxygen atoms in total. The predicted octanol–water partition coefficient (Wildman–Crippen LogP) is 2.69. The number of thioether (sulfide) groups is 1. The lowest BCUT2D eigenvalue weighted by atomic mass is 10.1. The maximum Gasteiger partial charge on any atom is 0.212 e. The first-order valence-corrected chi connectivity index (χ1v) is 8.86. The normalized spacial score (nSPS) is 13.0. The molecular formula is C18H14N6S. The summed E-state index contributed by atoms with van der Waals surface area (Å²) in [5.41, 5.74) is 3.79. The van der Waals surface area contributed by atoms with E-state index in [1.54, 1.807) is 18.0 Å². The second-order valence-corrected chi connectivity index (χ2v) is 6.54. The fourth-order valence-corrected chi connectivity index (χ4v) is 3.46. The van der Waals surface area contributed by atoms with E-state index >= 15 is 0 Å². The lowest BCUT2D eigenvalue weighted by Gasteiger charge is -2.14. The summed E-state index contributed by atoms with van der Waals surface area (Å²) in [6.45, 7) is 0. The predicted molar refractivity (Wildman–Crippen MR) is 95.5 cm³/mol. The zero-order chi connectivity index (χ0) is 17.1. The van der Waals surface area contributed by atoms with Crippen LogP contribution < -0.4 is 0 Å².